The Hall–Kier alpha value is -3.02. The first-order valence-electron chi connectivity index (χ1n) is 14.1. The van der Waals surface area contributed by atoms with Gasteiger partial charge in [0.05, 0.1) is 24.3 Å². The summed E-state index contributed by atoms with van der Waals surface area (Å²) in [6, 6.07) is 6.52. The molecule has 2 saturated heterocycles. The number of hydrogen-bond donors (Lipinski definition) is 1. The Labute approximate surface area is 241 Å². The zero-order valence-corrected chi connectivity index (χ0v) is 24.9. The molecule has 0 radical (unpaired) electrons. The van der Waals surface area contributed by atoms with Gasteiger partial charge in [0, 0.05) is 37.1 Å². The molecule has 1 aromatic heterocycles. The second-order valence-corrected chi connectivity index (χ2v) is 13.6. The Morgan fingerprint density at radius 2 is 1.80 bits per heavy atom. The molecule has 2 aromatic rings. The molecule has 5 rings (SSSR count). The quantitative estimate of drug-likeness (QED) is 0.474. The molecule has 0 unspecified atom stereocenters. The van der Waals surface area contributed by atoms with Crippen molar-refractivity contribution in [2.45, 2.75) is 82.0 Å². The van der Waals surface area contributed by atoms with Crippen LogP contribution in [0.4, 0.5) is 15.0 Å². The average Bonchev–Trinajstić information content (AvgIpc) is 3.37. The van der Waals surface area contributed by atoms with Crippen LogP contribution in [0.2, 0.25) is 0 Å². The number of carbonyl (C=O) groups excluding carboxylic acids is 1. The molecule has 1 aliphatic carbocycles. The summed E-state index contributed by atoms with van der Waals surface area (Å²) in [4.78, 5) is 18.6. The van der Waals surface area contributed by atoms with E-state index in [1.807, 2.05) is 33.8 Å². The summed E-state index contributed by atoms with van der Waals surface area (Å²) in [6.07, 6.45) is 5.19. The number of sulfonamides is 1. The second-order valence-electron chi connectivity index (χ2n) is 11.9. The highest BCUT2D eigenvalue weighted by molar-refractivity contribution is 7.92. The van der Waals surface area contributed by atoms with Crippen molar-refractivity contribution in [3.8, 4) is 0 Å². The molecular weight excluding hydrogens is 549 g/mol. The van der Waals surface area contributed by atoms with Crippen molar-refractivity contribution in [1.29, 1.82) is 0 Å². The lowest BCUT2D eigenvalue weighted by Gasteiger charge is -2.35. The number of aryl methyl sites for hydroxylation is 1. The van der Waals surface area contributed by atoms with Crippen LogP contribution in [0, 0.1) is 12.7 Å². The summed E-state index contributed by atoms with van der Waals surface area (Å²) < 4.78 is 62.4. The van der Waals surface area contributed by atoms with E-state index in [1.54, 1.807) is 17.0 Å². The largest absolute Gasteiger partial charge is 0.444 e. The van der Waals surface area contributed by atoms with Gasteiger partial charge in [0.1, 0.15) is 17.2 Å². The van der Waals surface area contributed by atoms with Crippen LogP contribution in [0.3, 0.4) is 0 Å². The second kappa shape index (κ2) is 11.3. The molecule has 0 saturated carbocycles. The summed E-state index contributed by atoms with van der Waals surface area (Å²) in [7, 11) is -3.99. The van der Waals surface area contributed by atoms with Gasteiger partial charge in [-0.25, -0.2) is 22.6 Å². The van der Waals surface area contributed by atoms with Gasteiger partial charge in [-0.15, -0.1) is 0 Å². The Kier molecular flexibility index (Phi) is 8.15. The number of halogens is 1. The van der Waals surface area contributed by atoms with E-state index in [-0.39, 0.29) is 16.6 Å². The number of likely N-dealkylation sites (tertiary alicyclic amines) is 1. The lowest BCUT2D eigenvalue weighted by Crippen LogP contribution is -2.41. The van der Waals surface area contributed by atoms with Crippen LogP contribution in [-0.4, -0.2) is 62.1 Å². The first-order valence-corrected chi connectivity index (χ1v) is 15.6. The average molecular weight is 588 g/mol. The monoisotopic (exact) mass is 587 g/mol. The lowest BCUT2D eigenvalue weighted by molar-refractivity contribution is -0.159. The minimum Gasteiger partial charge on any atom is -0.444 e. The minimum atomic E-state index is -3.99. The Morgan fingerprint density at radius 1 is 1.15 bits per heavy atom. The van der Waals surface area contributed by atoms with E-state index >= 15 is 4.39 Å². The van der Waals surface area contributed by atoms with Gasteiger partial charge in [-0.05, 0) is 70.6 Å². The molecule has 1 spiro atoms. The van der Waals surface area contributed by atoms with Gasteiger partial charge >= 0.3 is 6.09 Å². The van der Waals surface area contributed by atoms with Crippen molar-refractivity contribution in [2.75, 3.05) is 31.0 Å². The number of allylic oxidation sites excluding steroid dienone is 1. The fourth-order valence-corrected chi connectivity index (χ4v) is 6.70. The Bertz CT molecular complexity index is 1420. The number of aromatic nitrogens is 1. The standard InChI is InChI=1S/C30H38FN3O6S/c1-20-5-7-23(8-6-20)41(36,37)33-27-26(21-9-13-30(14-10-21)38-17-18-39-30)25(24(31)19-32-27)22-11-15-34(16-12-22)28(35)40-29(2,3)4/h5-9,19,22H,10-18H2,1-4H3,(H,32,33). The number of nitrogens with one attached hydrogen (secondary N) is 1. The van der Waals surface area contributed by atoms with Crippen LogP contribution in [0.25, 0.3) is 5.57 Å². The van der Waals surface area contributed by atoms with E-state index in [0.29, 0.717) is 69.5 Å². The van der Waals surface area contributed by atoms with Gasteiger partial charge in [-0.3, -0.25) is 4.72 Å². The number of benzene rings is 1. The molecule has 11 heteroatoms. The fraction of sp³-hybridized carbons (Fsp3) is 0.533. The number of ether oxygens (including phenoxy) is 3. The number of hydrogen-bond acceptors (Lipinski definition) is 7. The third-order valence-electron chi connectivity index (χ3n) is 7.76. The number of carbonyl (C=O) groups is 1. The molecule has 9 nitrogen and oxygen atoms in total. The zero-order valence-electron chi connectivity index (χ0n) is 24.0. The molecule has 0 bridgehead atoms. The maximum atomic E-state index is 15.7. The smallest absolute Gasteiger partial charge is 0.410 e. The van der Waals surface area contributed by atoms with E-state index in [2.05, 4.69) is 9.71 Å². The molecule has 222 valence electrons. The van der Waals surface area contributed by atoms with Crippen LogP contribution < -0.4 is 4.72 Å². The van der Waals surface area contributed by atoms with Crippen LogP contribution >= 0.6 is 0 Å². The normalized spacial score (nSPS) is 19.7. The van der Waals surface area contributed by atoms with Gasteiger partial charge in [-0.2, -0.15) is 0 Å². The first-order chi connectivity index (χ1) is 19.4. The molecule has 0 atom stereocenters. The van der Waals surface area contributed by atoms with Crippen molar-refractivity contribution in [1.82, 2.24) is 9.88 Å². The van der Waals surface area contributed by atoms with E-state index < -0.39 is 33.3 Å². The van der Waals surface area contributed by atoms with Gasteiger partial charge in [0.15, 0.2) is 5.79 Å². The summed E-state index contributed by atoms with van der Waals surface area (Å²) >= 11 is 0. The molecular formula is C30H38FN3O6S. The van der Waals surface area contributed by atoms with Gasteiger partial charge in [0.25, 0.3) is 10.0 Å². The van der Waals surface area contributed by atoms with Crippen molar-refractivity contribution in [3.05, 3.63) is 59.0 Å². The summed E-state index contributed by atoms with van der Waals surface area (Å²) in [5.74, 6) is -1.34. The van der Waals surface area contributed by atoms with E-state index in [0.717, 1.165) is 17.3 Å². The molecule has 1 aromatic carbocycles. The molecule has 2 fully saturated rings. The Morgan fingerprint density at radius 3 is 2.39 bits per heavy atom. The summed E-state index contributed by atoms with van der Waals surface area (Å²) in [5, 5.41) is 0. The fourth-order valence-electron chi connectivity index (χ4n) is 5.68. The number of anilines is 1. The summed E-state index contributed by atoms with van der Waals surface area (Å²) in [6.45, 7) is 9.17. The van der Waals surface area contributed by atoms with E-state index in [1.165, 1.54) is 12.1 Å². The van der Waals surface area contributed by atoms with Crippen molar-refractivity contribution in [3.63, 3.8) is 0 Å². The van der Waals surface area contributed by atoms with E-state index in [9.17, 15) is 13.2 Å². The van der Waals surface area contributed by atoms with Crippen LogP contribution in [0.1, 0.15) is 75.5 Å². The molecule has 1 amide bonds. The van der Waals surface area contributed by atoms with Crippen molar-refractivity contribution >= 4 is 27.5 Å². The number of piperidine rings is 1. The molecule has 3 heterocycles. The van der Waals surface area contributed by atoms with E-state index in [4.69, 9.17) is 14.2 Å². The van der Waals surface area contributed by atoms with Crippen LogP contribution in [-0.2, 0) is 24.2 Å². The lowest BCUT2D eigenvalue weighted by atomic mass is 9.81. The third kappa shape index (κ3) is 6.57. The maximum Gasteiger partial charge on any atom is 0.410 e. The highest BCUT2D eigenvalue weighted by Crippen LogP contribution is 2.44. The molecule has 41 heavy (non-hydrogen) atoms. The third-order valence-corrected chi connectivity index (χ3v) is 9.11. The van der Waals surface area contributed by atoms with Gasteiger partial charge < -0.3 is 19.1 Å². The van der Waals surface area contributed by atoms with Crippen molar-refractivity contribution in [2.24, 2.45) is 0 Å². The topological polar surface area (TPSA) is 107 Å². The van der Waals surface area contributed by atoms with Crippen LogP contribution in [0.15, 0.2) is 41.4 Å². The summed E-state index contributed by atoms with van der Waals surface area (Å²) in [5.41, 5.74) is 2.00. The predicted molar refractivity (Wildman–Crippen MR) is 152 cm³/mol. The molecule has 1 N–H and O–H groups in total. The highest BCUT2D eigenvalue weighted by Gasteiger charge is 2.40. The zero-order chi connectivity index (χ0) is 29.4. The molecule has 2 aliphatic heterocycles. The number of nitrogens with zero attached hydrogens (tertiary/aromatic N) is 2. The number of amides is 1. The SMILES string of the molecule is Cc1ccc(S(=O)(=O)Nc2ncc(F)c(C3CCN(C(=O)OC(C)(C)C)CC3)c2C2=CCC3(CC2)OCCO3)cc1. The molecule has 3 aliphatic rings. The number of rotatable bonds is 5. The minimum absolute atomic E-state index is 0.0898. The highest BCUT2D eigenvalue weighted by atomic mass is 32.2. The van der Waals surface area contributed by atoms with Crippen LogP contribution in [0.5, 0.6) is 0 Å². The predicted octanol–water partition coefficient (Wildman–Crippen LogP) is 5.75. The number of pyridine rings is 1. The Balaban J connectivity index is 1.49. The van der Waals surface area contributed by atoms with Crippen molar-refractivity contribution < 1.29 is 31.8 Å². The first kappa shape index (κ1) is 29.5. The maximum absolute atomic E-state index is 15.7. The van der Waals surface area contributed by atoms with Gasteiger partial charge in [-0.1, -0.05) is 23.8 Å². The van der Waals surface area contributed by atoms with Gasteiger partial charge in [0.2, 0.25) is 0 Å².